The highest BCUT2D eigenvalue weighted by atomic mass is 16.3. The van der Waals surface area contributed by atoms with Crippen LogP contribution in [-0.4, -0.2) is 93.5 Å². The molecule has 0 aromatic carbocycles. The number of aliphatic hydroxyl groups excluding tert-OH is 1. The molecule has 138 valence electrons. The highest BCUT2D eigenvalue weighted by Crippen LogP contribution is 2.31. The second kappa shape index (κ2) is 6.62. The Bertz CT molecular complexity index is 620. The second-order valence-electron chi connectivity index (χ2n) is 6.88. The fraction of sp³-hybridized carbons (Fsp3) is 0.750. The van der Waals surface area contributed by atoms with E-state index in [-0.39, 0.29) is 23.9 Å². The van der Waals surface area contributed by atoms with Crippen LogP contribution in [0.5, 0.6) is 0 Å². The third kappa shape index (κ3) is 2.97. The second-order valence-corrected chi connectivity index (χ2v) is 6.88. The van der Waals surface area contributed by atoms with E-state index >= 15 is 0 Å². The molecule has 0 aromatic heterocycles. The highest BCUT2D eigenvalue weighted by molar-refractivity contribution is 6.06. The highest BCUT2D eigenvalue weighted by Gasteiger charge is 2.54. The van der Waals surface area contributed by atoms with Crippen LogP contribution in [0.1, 0.15) is 33.1 Å². The van der Waals surface area contributed by atoms with Gasteiger partial charge in [-0.2, -0.15) is 0 Å². The number of hydrogen-bond donors (Lipinski definition) is 1. The van der Waals surface area contributed by atoms with E-state index in [0.717, 1.165) is 6.42 Å². The third-order valence-electron chi connectivity index (χ3n) is 5.01. The van der Waals surface area contributed by atoms with E-state index in [9.17, 15) is 19.5 Å². The van der Waals surface area contributed by atoms with Gasteiger partial charge in [-0.15, -0.1) is 0 Å². The number of rotatable bonds is 5. The molecule has 2 fully saturated rings. The molecule has 9 heteroatoms. The van der Waals surface area contributed by atoms with Crippen LogP contribution >= 0.6 is 0 Å². The molecule has 3 atom stereocenters. The van der Waals surface area contributed by atoms with Gasteiger partial charge >= 0.3 is 6.03 Å². The molecule has 0 spiro atoms. The number of likely N-dealkylation sites (N-methyl/N-ethyl adjacent to an activating group) is 1. The molecule has 3 rings (SSSR count). The summed E-state index contributed by atoms with van der Waals surface area (Å²) >= 11 is 0. The molecule has 0 bridgehead atoms. The molecule has 9 nitrogen and oxygen atoms in total. The van der Waals surface area contributed by atoms with Crippen molar-refractivity contribution < 1.29 is 19.5 Å². The van der Waals surface area contributed by atoms with Crippen LogP contribution < -0.4 is 0 Å². The van der Waals surface area contributed by atoms with E-state index < -0.39 is 12.2 Å². The summed E-state index contributed by atoms with van der Waals surface area (Å²) in [6, 6.07) is -0.915. The molecule has 2 saturated heterocycles. The first-order valence-electron chi connectivity index (χ1n) is 8.71. The van der Waals surface area contributed by atoms with Gasteiger partial charge in [0.05, 0.1) is 6.10 Å². The van der Waals surface area contributed by atoms with Crippen molar-refractivity contribution in [2.45, 2.75) is 51.4 Å². The summed E-state index contributed by atoms with van der Waals surface area (Å²) in [4.78, 5) is 47.8. The van der Waals surface area contributed by atoms with Crippen LogP contribution in [0.25, 0.3) is 0 Å². The number of hydrogen-bond acceptors (Lipinski definition) is 6. The lowest BCUT2D eigenvalue weighted by Crippen LogP contribution is -2.64. The average molecular weight is 351 g/mol. The number of carbonyl (C=O) groups excluding carboxylic acids is 3. The first kappa shape index (κ1) is 17.7. The molecule has 1 N–H and O–H groups in total. The van der Waals surface area contributed by atoms with Gasteiger partial charge in [0.1, 0.15) is 0 Å². The largest absolute Gasteiger partial charge is 0.393 e. The van der Waals surface area contributed by atoms with Crippen molar-refractivity contribution in [3.8, 4) is 0 Å². The molecule has 0 aliphatic carbocycles. The predicted molar refractivity (Wildman–Crippen MR) is 89.5 cm³/mol. The molecule has 0 aromatic rings. The Morgan fingerprint density at radius 3 is 2.68 bits per heavy atom. The van der Waals surface area contributed by atoms with Gasteiger partial charge in [-0.25, -0.2) is 9.79 Å². The van der Waals surface area contributed by atoms with Crippen molar-refractivity contribution in [1.29, 1.82) is 0 Å². The molecular formula is C16H25N5O4. The number of fused-ring (bicyclic) bond motifs is 3. The zero-order valence-corrected chi connectivity index (χ0v) is 14.9. The lowest BCUT2D eigenvalue weighted by Gasteiger charge is -2.40. The molecule has 4 amide bonds. The van der Waals surface area contributed by atoms with E-state index in [0.29, 0.717) is 38.4 Å². The van der Waals surface area contributed by atoms with Gasteiger partial charge in [0, 0.05) is 33.6 Å². The van der Waals surface area contributed by atoms with E-state index in [1.165, 1.54) is 16.7 Å². The maximum Gasteiger partial charge on any atom is 0.328 e. The summed E-state index contributed by atoms with van der Waals surface area (Å²) in [5.74, 6) is 0.122. The topological polar surface area (TPSA) is 96.8 Å². The number of aliphatic imine (C=N–C) groups is 1. The molecule has 25 heavy (non-hydrogen) atoms. The zero-order valence-electron chi connectivity index (χ0n) is 14.9. The monoisotopic (exact) mass is 351 g/mol. The van der Waals surface area contributed by atoms with Crippen LogP contribution in [-0.2, 0) is 9.59 Å². The normalized spacial score (nSPS) is 26.8. The third-order valence-corrected chi connectivity index (χ3v) is 5.01. The summed E-state index contributed by atoms with van der Waals surface area (Å²) in [6.45, 7) is 4.58. The number of urea groups is 1. The number of nitrogens with zero attached hydrogens (tertiary/aromatic N) is 5. The van der Waals surface area contributed by atoms with Gasteiger partial charge in [0.2, 0.25) is 11.9 Å². The number of amides is 4. The van der Waals surface area contributed by atoms with Crippen molar-refractivity contribution in [1.82, 2.24) is 19.6 Å². The maximum absolute atomic E-state index is 12.9. The molecule has 0 radical (unpaired) electrons. The quantitative estimate of drug-likeness (QED) is 0.684. The van der Waals surface area contributed by atoms with Crippen molar-refractivity contribution in [2.75, 3.05) is 26.7 Å². The summed E-state index contributed by atoms with van der Waals surface area (Å²) < 4.78 is 0. The minimum absolute atomic E-state index is 0.115. The lowest BCUT2D eigenvalue weighted by atomic mass is 10.1. The van der Waals surface area contributed by atoms with Crippen molar-refractivity contribution >= 4 is 23.8 Å². The molecule has 0 saturated carbocycles. The van der Waals surface area contributed by atoms with Crippen molar-refractivity contribution in [2.24, 2.45) is 4.99 Å². The van der Waals surface area contributed by atoms with Crippen LogP contribution in [0, 0.1) is 0 Å². The van der Waals surface area contributed by atoms with Crippen LogP contribution in [0.2, 0.25) is 0 Å². The first-order valence-corrected chi connectivity index (χ1v) is 8.71. The first-order chi connectivity index (χ1) is 11.8. The fourth-order valence-electron chi connectivity index (χ4n) is 3.65. The van der Waals surface area contributed by atoms with Gasteiger partial charge in [0.25, 0.3) is 5.91 Å². The van der Waals surface area contributed by atoms with Gasteiger partial charge in [0.15, 0.2) is 12.2 Å². The van der Waals surface area contributed by atoms with Crippen LogP contribution in [0.4, 0.5) is 4.79 Å². The minimum atomic E-state index is -0.578. The van der Waals surface area contributed by atoms with E-state index in [1.54, 1.807) is 18.9 Å². The van der Waals surface area contributed by atoms with Crippen LogP contribution in [0.15, 0.2) is 4.99 Å². The Balaban J connectivity index is 1.73. The summed E-state index contributed by atoms with van der Waals surface area (Å²) in [5, 5.41) is 9.32. The Morgan fingerprint density at radius 1 is 1.32 bits per heavy atom. The van der Waals surface area contributed by atoms with E-state index in [4.69, 9.17) is 0 Å². The van der Waals surface area contributed by atoms with Crippen molar-refractivity contribution in [3.63, 3.8) is 0 Å². The Hall–Kier alpha value is -2.16. The smallest absolute Gasteiger partial charge is 0.328 e. The molecule has 3 aliphatic heterocycles. The number of carbonyl (C=O) groups is 3. The van der Waals surface area contributed by atoms with Crippen molar-refractivity contribution in [3.05, 3.63) is 0 Å². The standard InChI is InChI=1S/C16H25N5O4/c1-10(22)6-4-5-7-21-14(24)12-13(18(3)16(21)25)17-15-19(11(2)23)8-9-20(12)15/h10,12-13,22H,4-9H2,1-3H3/t10-,12?,13?/m0/s1. The number of aliphatic hydroxyl groups is 1. The van der Waals surface area contributed by atoms with Gasteiger partial charge in [-0.05, 0) is 26.2 Å². The number of imide groups is 1. The summed E-state index contributed by atoms with van der Waals surface area (Å²) in [5.41, 5.74) is 0. The predicted octanol–water partition coefficient (Wildman–Crippen LogP) is -0.340. The summed E-state index contributed by atoms with van der Waals surface area (Å²) in [7, 11) is 1.64. The Kier molecular flexibility index (Phi) is 4.68. The zero-order chi connectivity index (χ0) is 18.3. The lowest BCUT2D eigenvalue weighted by molar-refractivity contribution is -0.137. The molecule has 3 aliphatic rings. The van der Waals surface area contributed by atoms with Gasteiger partial charge in [-0.3, -0.25) is 19.4 Å². The minimum Gasteiger partial charge on any atom is -0.393 e. The molecular weight excluding hydrogens is 326 g/mol. The summed E-state index contributed by atoms with van der Waals surface area (Å²) in [6.07, 6.45) is 1.08. The van der Waals surface area contributed by atoms with E-state index in [1.807, 2.05) is 4.90 Å². The molecule has 3 heterocycles. The van der Waals surface area contributed by atoms with Gasteiger partial charge in [-0.1, -0.05) is 0 Å². The maximum atomic E-state index is 12.9. The van der Waals surface area contributed by atoms with Crippen LogP contribution in [0.3, 0.4) is 0 Å². The Morgan fingerprint density at radius 2 is 2.04 bits per heavy atom. The number of unbranched alkanes of at least 4 members (excludes halogenated alkanes) is 1. The SMILES string of the molecule is CC(=O)N1CCN2C1=NC1C2C(=O)N(CCCC[C@H](C)O)C(=O)N1C. The fourth-order valence-corrected chi connectivity index (χ4v) is 3.65. The van der Waals surface area contributed by atoms with E-state index in [2.05, 4.69) is 4.99 Å². The Labute approximate surface area is 146 Å². The molecule has 2 unspecified atom stereocenters. The van der Waals surface area contributed by atoms with Gasteiger partial charge < -0.3 is 14.9 Å². The number of guanidine groups is 1. The average Bonchev–Trinajstić information content (AvgIpc) is 3.10.